The molecule has 0 spiro atoms. The number of hydrogen-bond donors (Lipinski definition) is 14. The number of aliphatic hydroxyl groups excluding tert-OH is 12. The lowest BCUT2D eigenvalue weighted by atomic mass is 9.95. The SMILES string of the molecule is C[C@@H]1O[C@@H](O[C@H]2[C@H](O[C@H]3[C@H](O)[C@@H](N)[C@@H](O[C@@H]([C@@H](O)[C@H](O)CO)[C@@H](N)CO)O[C@@H]3CO)O[C@H](CO)[C@H](O)[C@@H]2O)[C@@H](O)[C@H](O)[C@@H]1O. The van der Waals surface area contributed by atoms with Gasteiger partial charge in [0.15, 0.2) is 18.9 Å². The smallest absolute Gasteiger partial charge is 0.187 e. The van der Waals surface area contributed by atoms with Crippen LogP contribution in [0.15, 0.2) is 0 Å². The predicted molar refractivity (Wildman–Crippen MR) is 139 cm³/mol. The van der Waals surface area contributed by atoms with Gasteiger partial charge in [0.1, 0.15) is 79.4 Å². The van der Waals surface area contributed by atoms with Crippen molar-refractivity contribution in [2.24, 2.45) is 11.5 Å². The molecule has 0 aromatic heterocycles. The van der Waals surface area contributed by atoms with Crippen LogP contribution in [0.25, 0.3) is 0 Å². The van der Waals surface area contributed by atoms with E-state index < -0.39 is 143 Å². The molecule has 3 aliphatic heterocycles. The van der Waals surface area contributed by atoms with Crippen molar-refractivity contribution in [2.75, 3.05) is 26.4 Å². The fourth-order valence-electron chi connectivity index (χ4n) is 5.14. The van der Waals surface area contributed by atoms with E-state index in [9.17, 15) is 61.3 Å². The maximum absolute atomic E-state index is 11.1. The largest absolute Gasteiger partial charge is 0.395 e. The van der Waals surface area contributed by atoms with Crippen molar-refractivity contribution in [2.45, 2.75) is 123 Å². The molecule has 0 radical (unpaired) electrons. The van der Waals surface area contributed by atoms with Gasteiger partial charge in [-0.15, -0.1) is 0 Å². The van der Waals surface area contributed by atoms with Gasteiger partial charge in [0, 0.05) is 0 Å². The van der Waals surface area contributed by atoms with Crippen LogP contribution < -0.4 is 11.5 Å². The van der Waals surface area contributed by atoms with Crippen LogP contribution in [-0.2, 0) is 28.4 Å². The molecule has 0 unspecified atom stereocenters. The van der Waals surface area contributed by atoms with Gasteiger partial charge in [0.25, 0.3) is 0 Å². The second-order valence-corrected chi connectivity index (χ2v) is 11.1. The molecule has 44 heavy (non-hydrogen) atoms. The highest BCUT2D eigenvalue weighted by Gasteiger charge is 2.54. The summed E-state index contributed by atoms with van der Waals surface area (Å²) in [6.45, 7) is -1.93. The van der Waals surface area contributed by atoms with Gasteiger partial charge in [-0.2, -0.15) is 0 Å². The van der Waals surface area contributed by atoms with Crippen molar-refractivity contribution in [3.05, 3.63) is 0 Å². The van der Waals surface area contributed by atoms with Gasteiger partial charge in [-0.25, -0.2) is 0 Å². The van der Waals surface area contributed by atoms with Crippen molar-refractivity contribution in [3.63, 3.8) is 0 Å². The van der Waals surface area contributed by atoms with Crippen LogP contribution in [0, 0.1) is 0 Å². The normalized spacial score (nSPS) is 46.3. The molecule has 16 N–H and O–H groups in total. The van der Waals surface area contributed by atoms with Crippen LogP contribution in [0.1, 0.15) is 6.92 Å². The van der Waals surface area contributed by atoms with Gasteiger partial charge in [-0.1, -0.05) is 0 Å². The van der Waals surface area contributed by atoms with E-state index in [2.05, 4.69) is 0 Å². The molecule has 20 nitrogen and oxygen atoms in total. The molecule has 3 rings (SSSR count). The van der Waals surface area contributed by atoms with Gasteiger partial charge in [0.05, 0.1) is 44.6 Å². The highest BCUT2D eigenvalue weighted by Crippen LogP contribution is 2.33. The van der Waals surface area contributed by atoms with Crippen molar-refractivity contribution in [1.29, 1.82) is 0 Å². The molecule has 0 aromatic rings. The maximum Gasteiger partial charge on any atom is 0.187 e. The van der Waals surface area contributed by atoms with E-state index in [-0.39, 0.29) is 0 Å². The molecule has 3 saturated heterocycles. The molecule has 3 heterocycles. The highest BCUT2D eigenvalue weighted by molar-refractivity contribution is 4.98. The van der Waals surface area contributed by atoms with Gasteiger partial charge >= 0.3 is 0 Å². The number of nitrogens with two attached hydrogens (primary N) is 2. The second-order valence-electron chi connectivity index (χ2n) is 11.1. The summed E-state index contributed by atoms with van der Waals surface area (Å²) >= 11 is 0. The third kappa shape index (κ3) is 8.00. The molecule has 20 heteroatoms. The summed E-state index contributed by atoms with van der Waals surface area (Å²) in [4.78, 5) is 0. The van der Waals surface area contributed by atoms with E-state index in [1.54, 1.807) is 0 Å². The van der Waals surface area contributed by atoms with E-state index in [1.165, 1.54) is 6.92 Å². The molecule has 0 aliphatic carbocycles. The van der Waals surface area contributed by atoms with Crippen LogP contribution in [-0.4, -0.2) is 204 Å². The first-order valence-electron chi connectivity index (χ1n) is 14.0. The summed E-state index contributed by atoms with van der Waals surface area (Å²) in [6, 6.07) is -2.85. The van der Waals surface area contributed by atoms with E-state index in [1.807, 2.05) is 0 Å². The molecule has 0 aromatic carbocycles. The zero-order valence-corrected chi connectivity index (χ0v) is 23.8. The fourth-order valence-corrected chi connectivity index (χ4v) is 5.14. The van der Waals surface area contributed by atoms with E-state index in [0.29, 0.717) is 0 Å². The van der Waals surface area contributed by atoms with E-state index >= 15 is 0 Å². The van der Waals surface area contributed by atoms with Crippen molar-refractivity contribution in [3.8, 4) is 0 Å². The fraction of sp³-hybridized carbons (Fsp3) is 1.00. The molecule has 3 fully saturated rings. The zero-order valence-electron chi connectivity index (χ0n) is 23.8. The van der Waals surface area contributed by atoms with Crippen LogP contribution >= 0.6 is 0 Å². The van der Waals surface area contributed by atoms with Crippen LogP contribution in [0.3, 0.4) is 0 Å². The van der Waals surface area contributed by atoms with Crippen molar-refractivity contribution >= 4 is 0 Å². The summed E-state index contributed by atoms with van der Waals surface area (Å²) in [6.07, 6.45) is -28.0. The van der Waals surface area contributed by atoms with E-state index in [4.69, 9.17) is 39.9 Å². The zero-order chi connectivity index (χ0) is 33.0. The highest BCUT2D eigenvalue weighted by atomic mass is 16.8. The van der Waals surface area contributed by atoms with Crippen LogP contribution in [0.2, 0.25) is 0 Å². The summed E-state index contributed by atoms with van der Waals surface area (Å²) in [5.41, 5.74) is 11.9. The molecule has 0 bridgehead atoms. The first-order valence-corrected chi connectivity index (χ1v) is 14.0. The Morgan fingerprint density at radius 1 is 0.659 bits per heavy atom. The lowest BCUT2D eigenvalue weighted by Crippen LogP contribution is -2.68. The number of hydrogen-bond acceptors (Lipinski definition) is 20. The van der Waals surface area contributed by atoms with Crippen LogP contribution in [0.5, 0.6) is 0 Å². The number of rotatable bonds is 13. The van der Waals surface area contributed by atoms with Gasteiger partial charge in [-0.3, -0.25) is 0 Å². The minimum atomic E-state index is -1.87. The van der Waals surface area contributed by atoms with Gasteiger partial charge in [-0.05, 0) is 6.92 Å². The summed E-state index contributed by atoms with van der Waals surface area (Å²) in [5.74, 6) is 0. The Labute approximate surface area is 251 Å². The van der Waals surface area contributed by atoms with Crippen molar-refractivity contribution < 1.29 is 89.7 Å². The van der Waals surface area contributed by atoms with E-state index in [0.717, 1.165) is 0 Å². The molecule has 0 amide bonds. The molecule has 3 aliphatic rings. The molecular formula is C24H46N2O18. The first kappa shape index (κ1) is 37.7. The second kappa shape index (κ2) is 16.3. The topological polar surface area (TPSA) is 350 Å². The molecule has 19 atom stereocenters. The third-order valence-corrected chi connectivity index (χ3v) is 7.96. The summed E-state index contributed by atoms with van der Waals surface area (Å²) < 4.78 is 33.6. The summed E-state index contributed by atoms with van der Waals surface area (Å²) in [5, 5.41) is 122. The van der Waals surface area contributed by atoms with Crippen molar-refractivity contribution in [1.82, 2.24) is 0 Å². The Kier molecular flexibility index (Phi) is 14.0. The Morgan fingerprint density at radius 2 is 1.25 bits per heavy atom. The summed E-state index contributed by atoms with van der Waals surface area (Å²) in [7, 11) is 0. The number of aliphatic hydroxyl groups is 12. The Bertz CT molecular complexity index is 864. The minimum Gasteiger partial charge on any atom is -0.395 e. The number of ether oxygens (including phenoxy) is 6. The van der Waals surface area contributed by atoms with Crippen LogP contribution in [0.4, 0.5) is 0 Å². The van der Waals surface area contributed by atoms with Gasteiger partial charge < -0.3 is 101 Å². The third-order valence-electron chi connectivity index (χ3n) is 7.96. The Hall–Kier alpha value is -0.800. The minimum absolute atomic E-state index is 0.742. The first-order chi connectivity index (χ1) is 20.7. The standard InChI is InChI=1S/C24H46N2O18/c1-6-12(32)16(36)18(38)23(39-6)44-21-17(37)14(34)9(4-29)40-24(21)43-20-10(5-30)41-22(11(26)15(20)35)42-19(7(25)2-27)13(33)8(31)3-28/h6-24,27-38H,2-5,25-26H2,1H3/t6-,7-,8+,9+,10+,11+,12+,13-,14-,15+,16+,17-,18-,19+,20+,21+,22+,23-,24-/m0/s1. The molecule has 0 saturated carbocycles. The molecule has 260 valence electrons. The quantitative estimate of drug-likeness (QED) is 0.0879. The lowest BCUT2D eigenvalue weighted by Gasteiger charge is -2.49. The average Bonchev–Trinajstić information content (AvgIpc) is 3.02. The maximum atomic E-state index is 11.1. The monoisotopic (exact) mass is 650 g/mol. The predicted octanol–water partition coefficient (Wildman–Crippen LogP) is -9.15. The Morgan fingerprint density at radius 3 is 1.82 bits per heavy atom. The molecular weight excluding hydrogens is 604 g/mol. The average molecular weight is 651 g/mol. The van der Waals surface area contributed by atoms with Gasteiger partial charge in [0.2, 0.25) is 0 Å². The Balaban J connectivity index is 1.83. The lowest BCUT2D eigenvalue weighted by molar-refractivity contribution is -0.383.